The van der Waals surface area contributed by atoms with Crippen LogP contribution in [-0.2, 0) is 10.8 Å². The lowest BCUT2D eigenvalue weighted by molar-refractivity contribution is 0.170. The lowest BCUT2D eigenvalue weighted by Gasteiger charge is -2.48. The quantitative estimate of drug-likeness (QED) is 0.135. The van der Waals surface area contributed by atoms with E-state index in [1.54, 1.807) is 0 Å². The molecule has 3 aliphatic rings. The van der Waals surface area contributed by atoms with Crippen LogP contribution in [0.4, 0.5) is 34.1 Å². The Morgan fingerprint density at radius 2 is 0.970 bits per heavy atom. The van der Waals surface area contributed by atoms with Gasteiger partial charge in [0.25, 0.3) is 0 Å². The number of hydrogen-bond donors (Lipinski definition) is 0. The van der Waals surface area contributed by atoms with Crippen LogP contribution < -0.4 is 9.80 Å². The van der Waals surface area contributed by atoms with Gasteiger partial charge < -0.3 is 9.80 Å². The molecule has 11 rings (SSSR count). The number of nitrogens with zero attached hydrogens (tertiary/aromatic N) is 2. The van der Waals surface area contributed by atoms with Gasteiger partial charge >= 0.3 is 0 Å². The van der Waals surface area contributed by atoms with Crippen molar-refractivity contribution >= 4 is 44.9 Å². The molecule has 8 aromatic rings. The second-order valence-corrected chi connectivity index (χ2v) is 20.5. The Morgan fingerprint density at radius 3 is 1.58 bits per heavy atom. The van der Waals surface area contributed by atoms with Crippen LogP contribution in [-0.4, -0.2) is 0 Å². The molecule has 0 bridgehead atoms. The van der Waals surface area contributed by atoms with E-state index >= 15 is 0 Å². The second-order valence-electron chi connectivity index (χ2n) is 20.5. The van der Waals surface area contributed by atoms with Gasteiger partial charge in [0.15, 0.2) is 0 Å². The molecule has 0 heterocycles. The molecule has 2 nitrogen and oxygen atoms in total. The first-order chi connectivity index (χ1) is 32.3. The Hall–Kier alpha value is -6.38. The van der Waals surface area contributed by atoms with Crippen LogP contribution in [0.25, 0.3) is 21.9 Å². The van der Waals surface area contributed by atoms with Crippen LogP contribution in [0.5, 0.6) is 0 Å². The Bertz CT molecular complexity index is 2940. The van der Waals surface area contributed by atoms with Gasteiger partial charge in [0.2, 0.25) is 0 Å². The highest BCUT2D eigenvalue weighted by molar-refractivity contribution is 6.03. The first-order valence-electron chi connectivity index (χ1n) is 25.0. The predicted octanol–water partition coefficient (Wildman–Crippen LogP) is 18.3. The van der Waals surface area contributed by atoms with Gasteiger partial charge in [0.1, 0.15) is 0 Å². The summed E-state index contributed by atoms with van der Waals surface area (Å²) in [5, 5.41) is 2.63. The smallest absolute Gasteiger partial charge is 0.0465 e. The van der Waals surface area contributed by atoms with Crippen molar-refractivity contribution in [2.45, 2.75) is 102 Å². The monoisotopic (exact) mass is 861 g/mol. The van der Waals surface area contributed by atoms with Crippen LogP contribution in [0.3, 0.4) is 0 Å². The van der Waals surface area contributed by atoms with Gasteiger partial charge in [-0.05, 0) is 166 Å². The minimum Gasteiger partial charge on any atom is -0.311 e. The van der Waals surface area contributed by atoms with Crippen molar-refractivity contribution in [2.24, 2.45) is 11.8 Å². The molecule has 0 radical (unpaired) electrons. The molecule has 0 spiro atoms. The molecule has 2 fully saturated rings. The minimum atomic E-state index is -0.122. The average molecular weight is 861 g/mol. The van der Waals surface area contributed by atoms with Crippen molar-refractivity contribution in [1.29, 1.82) is 0 Å². The first-order valence-corrected chi connectivity index (χ1v) is 25.0. The van der Waals surface area contributed by atoms with E-state index in [1.165, 1.54) is 135 Å². The number of benzene rings is 8. The van der Waals surface area contributed by atoms with Crippen LogP contribution >= 0.6 is 0 Å². The van der Waals surface area contributed by atoms with Gasteiger partial charge in [0.05, 0.1) is 0 Å². The van der Waals surface area contributed by atoms with E-state index in [0.717, 1.165) is 6.42 Å². The van der Waals surface area contributed by atoms with Gasteiger partial charge in [-0.25, -0.2) is 0 Å². The van der Waals surface area contributed by atoms with Crippen molar-refractivity contribution in [3.63, 3.8) is 0 Å². The highest BCUT2D eigenvalue weighted by atomic mass is 15.1. The maximum Gasteiger partial charge on any atom is 0.0465 e. The molecule has 330 valence electrons. The van der Waals surface area contributed by atoms with Crippen LogP contribution in [0.2, 0.25) is 0 Å². The molecule has 2 saturated carbocycles. The van der Waals surface area contributed by atoms with Crippen LogP contribution in [0.15, 0.2) is 188 Å². The molecule has 2 unspecified atom stereocenters. The van der Waals surface area contributed by atoms with Gasteiger partial charge in [-0.15, -0.1) is 0 Å². The molecule has 66 heavy (non-hydrogen) atoms. The molecule has 0 amide bonds. The van der Waals surface area contributed by atoms with Crippen molar-refractivity contribution in [2.75, 3.05) is 9.80 Å². The van der Waals surface area contributed by atoms with Crippen LogP contribution in [0.1, 0.15) is 119 Å². The highest BCUT2D eigenvalue weighted by Gasteiger charge is 2.45. The van der Waals surface area contributed by atoms with E-state index in [4.69, 9.17) is 0 Å². The summed E-state index contributed by atoms with van der Waals surface area (Å²) in [5.74, 6) is 1.77. The van der Waals surface area contributed by atoms with Crippen molar-refractivity contribution in [1.82, 2.24) is 0 Å². The lowest BCUT2D eigenvalue weighted by Crippen LogP contribution is -2.42. The zero-order chi connectivity index (χ0) is 44.8. The zero-order valence-electron chi connectivity index (χ0n) is 39.4. The summed E-state index contributed by atoms with van der Waals surface area (Å²) < 4.78 is 0. The lowest BCUT2D eigenvalue weighted by atomic mass is 9.56. The molecule has 0 saturated heterocycles. The standard InChI is InChI=1S/C64H64N2/c1-45(2)59-26-16-17-43-64(59,49-30-36-54(37-31-49)65(51-21-10-6-11-22-51)53-34-27-47(28-35-53)46-18-8-5-9-19-46)50-32-38-55(39-33-50)66(52-23-12-7-13-24-52)56-40-41-58-61(44-56)63(3,4)60-42-29-48-20-14-15-25-57(48)62(58)60/h6-7,10-15,20-25,27-42,44-46,59H,5,8-9,16-19,26,43H2,1-4H3. The fourth-order valence-electron chi connectivity index (χ4n) is 12.8. The summed E-state index contributed by atoms with van der Waals surface area (Å²) in [7, 11) is 0. The molecule has 0 aliphatic heterocycles. The summed E-state index contributed by atoms with van der Waals surface area (Å²) >= 11 is 0. The Morgan fingerprint density at radius 1 is 0.455 bits per heavy atom. The van der Waals surface area contributed by atoms with Gasteiger partial charge in [-0.3, -0.25) is 0 Å². The summed E-state index contributed by atoms with van der Waals surface area (Å²) in [4.78, 5) is 4.90. The number of rotatable bonds is 10. The third-order valence-corrected chi connectivity index (χ3v) is 16.1. The maximum atomic E-state index is 2.48. The fraction of sp³-hybridized carbons (Fsp3) is 0.281. The Balaban J connectivity index is 0.969. The first kappa shape index (κ1) is 42.3. The molecule has 0 N–H and O–H groups in total. The molecule has 2 atom stereocenters. The normalized spacial score (nSPS) is 19.1. The van der Waals surface area contributed by atoms with E-state index in [1.807, 2.05) is 0 Å². The average Bonchev–Trinajstić information content (AvgIpc) is 3.61. The summed E-state index contributed by atoms with van der Waals surface area (Å²) in [6.07, 6.45) is 11.6. The van der Waals surface area contributed by atoms with E-state index < -0.39 is 0 Å². The number of fused-ring (bicyclic) bond motifs is 5. The largest absolute Gasteiger partial charge is 0.311 e. The predicted molar refractivity (Wildman–Crippen MR) is 281 cm³/mol. The van der Waals surface area contributed by atoms with E-state index in [9.17, 15) is 0 Å². The minimum absolute atomic E-state index is 0.0909. The molecule has 8 aromatic carbocycles. The summed E-state index contributed by atoms with van der Waals surface area (Å²) in [5.41, 5.74) is 16.8. The highest BCUT2D eigenvalue weighted by Crippen LogP contribution is 2.55. The van der Waals surface area contributed by atoms with Crippen LogP contribution in [0, 0.1) is 11.8 Å². The van der Waals surface area contributed by atoms with Crippen molar-refractivity contribution < 1.29 is 0 Å². The third kappa shape index (κ3) is 7.34. The SMILES string of the molecule is CC(C)C1CCCCC1(c1ccc(N(c2ccccc2)c2ccc(C3CCCCC3)cc2)cc1)c1ccc(N(c2ccccc2)c2ccc3c(c2)C(C)(C)c2ccc4ccccc4c2-3)cc1. The topological polar surface area (TPSA) is 6.48 Å². The molecule has 0 aromatic heterocycles. The van der Waals surface area contributed by atoms with E-state index in [0.29, 0.717) is 17.8 Å². The molecule has 3 aliphatic carbocycles. The van der Waals surface area contributed by atoms with E-state index in [-0.39, 0.29) is 10.8 Å². The molecular weight excluding hydrogens is 797 g/mol. The zero-order valence-corrected chi connectivity index (χ0v) is 39.4. The molecule has 2 heteroatoms. The second kappa shape index (κ2) is 17.4. The Kier molecular flexibility index (Phi) is 11.2. The Labute approximate surface area is 394 Å². The number of anilines is 6. The molecular formula is C64H64N2. The van der Waals surface area contributed by atoms with Crippen molar-refractivity contribution in [3.05, 3.63) is 216 Å². The fourth-order valence-corrected chi connectivity index (χ4v) is 12.8. The van der Waals surface area contributed by atoms with Gasteiger partial charge in [0, 0.05) is 45.0 Å². The van der Waals surface area contributed by atoms with Gasteiger partial charge in [-0.1, -0.05) is 175 Å². The number of hydrogen-bond acceptors (Lipinski definition) is 2. The van der Waals surface area contributed by atoms with Crippen molar-refractivity contribution in [3.8, 4) is 11.1 Å². The van der Waals surface area contributed by atoms with Gasteiger partial charge in [-0.2, -0.15) is 0 Å². The maximum absolute atomic E-state index is 2.48. The summed E-state index contributed by atoms with van der Waals surface area (Å²) in [6.45, 7) is 9.70. The third-order valence-electron chi connectivity index (χ3n) is 16.1. The van der Waals surface area contributed by atoms with E-state index in [2.05, 4.69) is 226 Å². The summed E-state index contributed by atoms with van der Waals surface area (Å²) in [6, 6.07) is 71.6. The number of para-hydroxylation sites is 2.